The number of anilines is 1. The summed E-state index contributed by atoms with van der Waals surface area (Å²) in [6, 6.07) is 9.22. The maximum atomic E-state index is 13.3. The van der Waals surface area contributed by atoms with Gasteiger partial charge in [-0.1, -0.05) is 31.5 Å². The molecule has 3 rings (SSSR count). The highest BCUT2D eigenvalue weighted by molar-refractivity contribution is 7.92. The molecule has 0 saturated carbocycles. The number of oxazole rings is 1. The number of halogens is 1. The van der Waals surface area contributed by atoms with Gasteiger partial charge in [0.25, 0.3) is 10.0 Å². The van der Waals surface area contributed by atoms with Crippen LogP contribution < -0.4 is 4.31 Å². The van der Waals surface area contributed by atoms with Gasteiger partial charge >= 0.3 is 12.0 Å². The molecule has 9 heteroatoms. The maximum Gasteiger partial charge on any atom is 0.338 e. The second-order valence-electron chi connectivity index (χ2n) is 6.67. The molecule has 1 aromatic heterocycles. The van der Waals surface area contributed by atoms with Crippen LogP contribution >= 0.6 is 11.6 Å². The first-order valence-corrected chi connectivity index (χ1v) is 10.8. The van der Waals surface area contributed by atoms with Gasteiger partial charge in [-0.05, 0) is 48.7 Å². The number of carbonyl (C=O) groups excluding carboxylic acids is 1. The Kier molecular flexibility index (Phi) is 5.86. The van der Waals surface area contributed by atoms with Crippen LogP contribution in [-0.4, -0.2) is 33.0 Å². The molecule has 0 radical (unpaired) electrons. The molecule has 7 nitrogen and oxygen atoms in total. The zero-order chi connectivity index (χ0) is 21.3. The first-order valence-electron chi connectivity index (χ1n) is 9.00. The number of sulfonamides is 1. The van der Waals surface area contributed by atoms with Crippen molar-refractivity contribution in [1.82, 2.24) is 4.98 Å². The van der Waals surface area contributed by atoms with E-state index in [2.05, 4.69) is 4.98 Å². The summed E-state index contributed by atoms with van der Waals surface area (Å²) in [5.74, 6) is -0.574. The lowest BCUT2D eigenvalue weighted by molar-refractivity contribution is 0.0598. The molecule has 0 fully saturated rings. The Hall–Kier alpha value is -2.58. The van der Waals surface area contributed by atoms with Crippen LogP contribution in [0.2, 0.25) is 5.02 Å². The summed E-state index contributed by atoms with van der Waals surface area (Å²) in [5.41, 5.74) is 1.79. The monoisotopic (exact) mass is 436 g/mol. The minimum absolute atomic E-state index is 0.0184. The van der Waals surface area contributed by atoms with Gasteiger partial charge < -0.3 is 9.15 Å². The largest absolute Gasteiger partial charge is 0.465 e. The van der Waals surface area contributed by atoms with Gasteiger partial charge in [-0.25, -0.2) is 17.5 Å². The van der Waals surface area contributed by atoms with Crippen LogP contribution in [0.25, 0.3) is 11.1 Å². The van der Waals surface area contributed by atoms with Crippen LogP contribution in [0.1, 0.15) is 42.6 Å². The normalized spacial score (nSPS) is 11.8. The van der Waals surface area contributed by atoms with E-state index >= 15 is 0 Å². The number of methoxy groups -OCH3 is 1. The van der Waals surface area contributed by atoms with Crippen molar-refractivity contribution in [3.05, 3.63) is 52.5 Å². The highest BCUT2D eigenvalue weighted by Gasteiger charge is 2.29. The smallest absolute Gasteiger partial charge is 0.338 e. The average Bonchev–Trinajstić information content (AvgIpc) is 3.09. The molecule has 0 bridgehead atoms. The molecule has 3 aromatic rings. The van der Waals surface area contributed by atoms with E-state index in [1.165, 1.54) is 19.2 Å². The van der Waals surface area contributed by atoms with Gasteiger partial charge in [0.1, 0.15) is 5.52 Å². The van der Waals surface area contributed by atoms with Crippen LogP contribution in [0.5, 0.6) is 0 Å². The topological polar surface area (TPSA) is 89.7 Å². The molecular formula is C20H21ClN2O5S. The van der Waals surface area contributed by atoms with Gasteiger partial charge in [-0.15, -0.1) is 0 Å². The van der Waals surface area contributed by atoms with Gasteiger partial charge in [0.05, 0.1) is 17.6 Å². The van der Waals surface area contributed by atoms with E-state index < -0.39 is 16.0 Å². The fourth-order valence-electron chi connectivity index (χ4n) is 3.02. The van der Waals surface area contributed by atoms with Crippen molar-refractivity contribution in [2.75, 3.05) is 18.0 Å². The highest BCUT2D eigenvalue weighted by atomic mass is 35.5. The van der Waals surface area contributed by atoms with Crippen molar-refractivity contribution >= 4 is 44.7 Å². The fraction of sp³-hybridized carbons (Fsp3) is 0.300. The summed E-state index contributed by atoms with van der Waals surface area (Å²) >= 11 is 5.97. The Morgan fingerprint density at radius 1 is 1.24 bits per heavy atom. The number of hydrogen-bond donors (Lipinski definition) is 0. The molecule has 0 unspecified atom stereocenters. The van der Waals surface area contributed by atoms with E-state index in [-0.39, 0.29) is 28.9 Å². The van der Waals surface area contributed by atoms with Crippen molar-refractivity contribution in [3.8, 4) is 0 Å². The van der Waals surface area contributed by atoms with E-state index in [1.807, 2.05) is 13.8 Å². The third kappa shape index (κ3) is 3.95. The number of benzene rings is 2. The molecule has 0 atom stereocenters. The van der Waals surface area contributed by atoms with Crippen LogP contribution in [0.15, 0.2) is 45.7 Å². The molecule has 1 heterocycles. The van der Waals surface area contributed by atoms with E-state index in [4.69, 9.17) is 20.8 Å². The average molecular weight is 437 g/mol. The van der Waals surface area contributed by atoms with Crippen molar-refractivity contribution < 1.29 is 22.4 Å². The molecular weight excluding hydrogens is 416 g/mol. The second kappa shape index (κ2) is 8.04. The second-order valence-corrected chi connectivity index (χ2v) is 8.97. The van der Waals surface area contributed by atoms with E-state index in [0.717, 1.165) is 4.31 Å². The lowest BCUT2D eigenvalue weighted by Crippen LogP contribution is -2.31. The first kappa shape index (κ1) is 21.1. The number of carbonyl (C=O) groups is 1. The molecule has 0 N–H and O–H groups in total. The summed E-state index contributed by atoms with van der Waals surface area (Å²) in [4.78, 5) is 16.4. The standard InChI is InChI=1S/C20H21ClN2O5S/c1-5-23(20-22-17-10-13(21)6-9-18(17)28-20)29(25,26)14-7-8-15(12(2)3)16(11-14)19(24)27-4/h6-12H,5H2,1-4H3. The summed E-state index contributed by atoms with van der Waals surface area (Å²) in [6.45, 7) is 5.58. The summed E-state index contributed by atoms with van der Waals surface area (Å²) < 4.78 is 38.1. The quantitative estimate of drug-likeness (QED) is 0.524. The number of rotatable bonds is 6. The van der Waals surface area contributed by atoms with Crippen LogP contribution in [0, 0.1) is 0 Å². The Labute approximate surface area is 174 Å². The maximum absolute atomic E-state index is 13.3. The Bertz CT molecular complexity index is 1170. The minimum Gasteiger partial charge on any atom is -0.465 e. The van der Waals surface area contributed by atoms with E-state index in [1.54, 1.807) is 31.2 Å². The van der Waals surface area contributed by atoms with Crippen LogP contribution in [-0.2, 0) is 14.8 Å². The molecule has 29 heavy (non-hydrogen) atoms. The summed E-state index contributed by atoms with van der Waals surface area (Å²) in [7, 11) is -2.77. The van der Waals surface area contributed by atoms with Crippen molar-refractivity contribution in [2.24, 2.45) is 0 Å². The van der Waals surface area contributed by atoms with Crippen molar-refractivity contribution in [2.45, 2.75) is 31.6 Å². The van der Waals surface area contributed by atoms with Gasteiger partial charge in [0.2, 0.25) is 0 Å². The highest BCUT2D eigenvalue weighted by Crippen LogP contribution is 2.30. The summed E-state index contributed by atoms with van der Waals surface area (Å²) in [5, 5.41) is 0.468. The molecule has 0 spiro atoms. The minimum atomic E-state index is -4.03. The Morgan fingerprint density at radius 2 is 1.97 bits per heavy atom. The molecule has 0 aliphatic heterocycles. The lowest BCUT2D eigenvalue weighted by atomic mass is 9.97. The molecule has 0 amide bonds. The Balaban J connectivity index is 2.11. The molecule has 0 aliphatic rings. The number of ether oxygens (including phenoxy) is 1. The number of hydrogen-bond acceptors (Lipinski definition) is 6. The fourth-order valence-corrected chi connectivity index (χ4v) is 4.57. The predicted molar refractivity (Wildman–Crippen MR) is 111 cm³/mol. The molecule has 0 aliphatic carbocycles. The van der Waals surface area contributed by atoms with Gasteiger partial charge in [0, 0.05) is 11.6 Å². The molecule has 0 saturated heterocycles. The number of nitrogens with zero attached hydrogens (tertiary/aromatic N) is 2. The predicted octanol–water partition coefficient (Wildman–Crippen LogP) is 4.61. The van der Waals surface area contributed by atoms with Crippen molar-refractivity contribution in [1.29, 1.82) is 0 Å². The van der Waals surface area contributed by atoms with Gasteiger partial charge in [-0.2, -0.15) is 4.98 Å². The SMILES string of the molecule is CCN(c1nc2cc(Cl)ccc2o1)S(=O)(=O)c1ccc(C(C)C)c(C(=O)OC)c1. The number of esters is 1. The lowest BCUT2D eigenvalue weighted by Gasteiger charge is -2.20. The summed E-state index contributed by atoms with van der Waals surface area (Å²) in [6.07, 6.45) is 0. The third-order valence-electron chi connectivity index (χ3n) is 4.48. The van der Waals surface area contributed by atoms with E-state index in [0.29, 0.717) is 21.7 Å². The third-order valence-corrected chi connectivity index (χ3v) is 6.56. The van der Waals surface area contributed by atoms with Crippen LogP contribution in [0.3, 0.4) is 0 Å². The van der Waals surface area contributed by atoms with E-state index in [9.17, 15) is 13.2 Å². The van der Waals surface area contributed by atoms with Gasteiger partial charge in [0.15, 0.2) is 5.58 Å². The van der Waals surface area contributed by atoms with Gasteiger partial charge in [-0.3, -0.25) is 0 Å². The number of aromatic nitrogens is 1. The molecule has 154 valence electrons. The van der Waals surface area contributed by atoms with Crippen molar-refractivity contribution in [3.63, 3.8) is 0 Å². The first-order chi connectivity index (χ1) is 13.7. The van der Waals surface area contributed by atoms with Crippen LogP contribution in [0.4, 0.5) is 6.01 Å². The molecule has 2 aromatic carbocycles. The Morgan fingerprint density at radius 3 is 2.59 bits per heavy atom. The zero-order valence-electron chi connectivity index (χ0n) is 16.5. The number of fused-ring (bicyclic) bond motifs is 1. The zero-order valence-corrected chi connectivity index (χ0v) is 18.0.